The van der Waals surface area contributed by atoms with Gasteiger partial charge >= 0.3 is 6.03 Å². The van der Waals surface area contributed by atoms with Crippen LogP contribution in [-0.2, 0) is 14.8 Å². The SMILES string of the molecule is CCC1CCCCN1C(=O)CN1C(=O)N(c2ccc(F)cc2)S(=O)(=O)c2ccccc21. The van der Waals surface area contributed by atoms with Gasteiger partial charge in [-0.3, -0.25) is 9.69 Å². The van der Waals surface area contributed by atoms with Gasteiger partial charge in [-0.1, -0.05) is 19.1 Å². The molecule has 7 nitrogen and oxygen atoms in total. The second-order valence-electron chi connectivity index (χ2n) is 7.73. The minimum Gasteiger partial charge on any atom is -0.338 e. The predicted molar refractivity (Wildman–Crippen MR) is 115 cm³/mol. The molecule has 2 aliphatic rings. The van der Waals surface area contributed by atoms with Gasteiger partial charge in [-0.05, 0) is 62.1 Å². The molecule has 1 unspecified atom stereocenters. The van der Waals surface area contributed by atoms with E-state index in [0.29, 0.717) is 10.8 Å². The van der Waals surface area contributed by atoms with E-state index in [2.05, 4.69) is 0 Å². The third-order valence-corrected chi connectivity index (χ3v) is 7.60. The maximum Gasteiger partial charge on any atom is 0.343 e. The molecule has 0 aliphatic carbocycles. The van der Waals surface area contributed by atoms with Crippen LogP contribution < -0.4 is 9.21 Å². The molecular formula is C22H24FN3O4S. The Bertz CT molecular complexity index is 1100. The monoisotopic (exact) mass is 445 g/mol. The van der Waals surface area contributed by atoms with E-state index in [1.165, 1.54) is 29.2 Å². The topological polar surface area (TPSA) is 78.0 Å². The first kappa shape index (κ1) is 21.3. The van der Waals surface area contributed by atoms with Gasteiger partial charge in [0.15, 0.2) is 0 Å². The molecular weight excluding hydrogens is 421 g/mol. The molecule has 3 amide bonds. The lowest BCUT2D eigenvalue weighted by molar-refractivity contribution is -0.133. The summed E-state index contributed by atoms with van der Waals surface area (Å²) in [6.07, 6.45) is 3.71. The maximum atomic E-state index is 13.4. The molecule has 4 rings (SSSR count). The summed E-state index contributed by atoms with van der Waals surface area (Å²) in [4.78, 5) is 29.4. The summed E-state index contributed by atoms with van der Waals surface area (Å²) in [6.45, 7) is 2.39. The molecule has 2 aromatic rings. The van der Waals surface area contributed by atoms with Gasteiger partial charge in [0.25, 0.3) is 10.0 Å². The van der Waals surface area contributed by atoms with E-state index < -0.39 is 21.9 Å². The van der Waals surface area contributed by atoms with Gasteiger partial charge in [0.2, 0.25) is 5.91 Å². The first-order valence-electron chi connectivity index (χ1n) is 10.4. The highest BCUT2D eigenvalue weighted by molar-refractivity contribution is 7.94. The van der Waals surface area contributed by atoms with E-state index in [0.717, 1.165) is 37.8 Å². The van der Waals surface area contributed by atoms with Crippen molar-refractivity contribution < 1.29 is 22.4 Å². The molecule has 164 valence electrons. The van der Waals surface area contributed by atoms with Crippen molar-refractivity contribution in [3.05, 3.63) is 54.3 Å². The average Bonchev–Trinajstić information content (AvgIpc) is 2.77. The van der Waals surface area contributed by atoms with Crippen molar-refractivity contribution in [1.82, 2.24) is 4.90 Å². The number of para-hydroxylation sites is 1. The number of benzene rings is 2. The smallest absolute Gasteiger partial charge is 0.338 e. The highest BCUT2D eigenvalue weighted by atomic mass is 32.2. The van der Waals surface area contributed by atoms with Crippen LogP contribution in [0.15, 0.2) is 53.4 Å². The summed E-state index contributed by atoms with van der Waals surface area (Å²) in [6, 6.07) is 10.0. The van der Waals surface area contributed by atoms with Crippen molar-refractivity contribution in [3.8, 4) is 0 Å². The lowest BCUT2D eigenvalue weighted by atomic mass is 10.00. The van der Waals surface area contributed by atoms with Gasteiger partial charge in [0, 0.05) is 12.6 Å². The largest absolute Gasteiger partial charge is 0.343 e. The molecule has 2 aromatic carbocycles. The molecule has 0 bridgehead atoms. The Morgan fingerprint density at radius 3 is 2.52 bits per heavy atom. The predicted octanol–water partition coefficient (Wildman–Crippen LogP) is 3.75. The number of amides is 3. The number of rotatable bonds is 4. The molecule has 0 radical (unpaired) electrons. The van der Waals surface area contributed by atoms with Crippen molar-refractivity contribution in [2.45, 2.75) is 43.5 Å². The number of urea groups is 1. The number of likely N-dealkylation sites (tertiary alicyclic amines) is 1. The van der Waals surface area contributed by atoms with Crippen LogP contribution in [0, 0.1) is 5.82 Å². The molecule has 0 N–H and O–H groups in total. The Hall–Kier alpha value is -2.94. The van der Waals surface area contributed by atoms with Gasteiger partial charge in [-0.25, -0.2) is 17.6 Å². The highest BCUT2D eigenvalue weighted by Crippen LogP contribution is 2.37. The number of hydrogen-bond donors (Lipinski definition) is 0. The van der Waals surface area contributed by atoms with E-state index in [-0.39, 0.29) is 34.8 Å². The molecule has 0 spiro atoms. The minimum absolute atomic E-state index is 0.0164. The number of carbonyl (C=O) groups is 2. The fourth-order valence-corrected chi connectivity index (χ4v) is 5.86. The summed E-state index contributed by atoms with van der Waals surface area (Å²) >= 11 is 0. The van der Waals surface area contributed by atoms with Crippen LogP contribution in [-0.4, -0.2) is 44.4 Å². The molecule has 1 atom stereocenters. The second kappa shape index (κ2) is 8.30. The molecule has 1 saturated heterocycles. The van der Waals surface area contributed by atoms with Gasteiger partial charge in [-0.15, -0.1) is 0 Å². The van der Waals surface area contributed by atoms with E-state index in [1.54, 1.807) is 17.0 Å². The Kier molecular flexibility index (Phi) is 5.70. The zero-order valence-corrected chi connectivity index (χ0v) is 18.0. The van der Waals surface area contributed by atoms with Crippen molar-refractivity contribution in [2.24, 2.45) is 0 Å². The summed E-state index contributed by atoms with van der Waals surface area (Å²) in [7, 11) is -4.21. The first-order valence-corrected chi connectivity index (χ1v) is 11.8. The number of halogens is 1. The Morgan fingerprint density at radius 2 is 1.81 bits per heavy atom. The first-order chi connectivity index (χ1) is 14.8. The molecule has 2 aliphatic heterocycles. The van der Waals surface area contributed by atoms with Crippen molar-refractivity contribution in [1.29, 1.82) is 0 Å². The third kappa shape index (κ3) is 3.78. The van der Waals surface area contributed by atoms with Crippen LogP contribution in [0.25, 0.3) is 0 Å². The number of fused-ring (bicyclic) bond motifs is 1. The summed E-state index contributed by atoms with van der Waals surface area (Å²) in [5.41, 5.74) is 0.187. The quantitative estimate of drug-likeness (QED) is 0.718. The van der Waals surface area contributed by atoms with Crippen LogP contribution in [0.4, 0.5) is 20.6 Å². The van der Waals surface area contributed by atoms with E-state index in [4.69, 9.17) is 0 Å². The lowest BCUT2D eigenvalue weighted by Crippen LogP contribution is -2.55. The number of piperidine rings is 1. The summed E-state index contributed by atoms with van der Waals surface area (Å²) in [5.74, 6) is -0.762. The van der Waals surface area contributed by atoms with Crippen LogP contribution in [0.5, 0.6) is 0 Å². The number of sulfonamides is 1. The van der Waals surface area contributed by atoms with Gasteiger partial charge in [0.1, 0.15) is 17.3 Å². The van der Waals surface area contributed by atoms with E-state index >= 15 is 0 Å². The Balaban J connectivity index is 1.74. The van der Waals surface area contributed by atoms with Crippen molar-refractivity contribution in [3.63, 3.8) is 0 Å². The molecule has 9 heteroatoms. The summed E-state index contributed by atoms with van der Waals surface area (Å²) < 4.78 is 40.5. The minimum atomic E-state index is -4.21. The standard InChI is InChI=1S/C22H24FN3O4S/c1-2-17-7-5-6-14-24(17)21(27)15-25-19-8-3-4-9-20(19)31(29,30)26(22(25)28)18-12-10-16(23)11-13-18/h3-4,8-13,17H,2,5-7,14-15H2,1H3. The fraction of sp³-hybridized carbons (Fsp3) is 0.364. The van der Waals surface area contributed by atoms with Crippen LogP contribution in [0.1, 0.15) is 32.6 Å². The van der Waals surface area contributed by atoms with Crippen LogP contribution >= 0.6 is 0 Å². The average molecular weight is 446 g/mol. The molecule has 0 aromatic heterocycles. The van der Waals surface area contributed by atoms with Crippen LogP contribution in [0.3, 0.4) is 0 Å². The number of carbonyl (C=O) groups excluding carboxylic acids is 2. The second-order valence-corrected chi connectivity index (χ2v) is 9.48. The van der Waals surface area contributed by atoms with Crippen molar-refractivity contribution in [2.75, 3.05) is 22.3 Å². The van der Waals surface area contributed by atoms with E-state index in [1.807, 2.05) is 6.92 Å². The fourth-order valence-electron chi connectivity index (χ4n) is 4.27. The zero-order chi connectivity index (χ0) is 22.2. The van der Waals surface area contributed by atoms with Gasteiger partial charge in [0.05, 0.1) is 11.4 Å². The molecule has 1 fully saturated rings. The molecule has 0 saturated carbocycles. The zero-order valence-electron chi connectivity index (χ0n) is 17.2. The maximum absolute atomic E-state index is 13.4. The van der Waals surface area contributed by atoms with Gasteiger partial charge in [-0.2, -0.15) is 4.31 Å². The third-order valence-electron chi connectivity index (χ3n) is 5.85. The number of anilines is 2. The number of hydrogen-bond acceptors (Lipinski definition) is 4. The normalized spacial score (nSPS) is 20.5. The van der Waals surface area contributed by atoms with Crippen molar-refractivity contribution >= 4 is 33.3 Å². The highest BCUT2D eigenvalue weighted by Gasteiger charge is 2.43. The van der Waals surface area contributed by atoms with E-state index in [9.17, 15) is 22.4 Å². The molecule has 2 heterocycles. The summed E-state index contributed by atoms with van der Waals surface area (Å²) in [5, 5.41) is 0. The lowest BCUT2D eigenvalue weighted by Gasteiger charge is -2.39. The molecule has 31 heavy (non-hydrogen) atoms. The van der Waals surface area contributed by atoms with Crippen LogP contribution in [0.2, 0.25) is 0 Å². The van der Waals surface area contributed by atoms with Gasteiger partial charge < -0.3 is 4.90 Å². The number of nitrogens with zero attached hydrogens (tertiary/aromatic N) is 3. The Labute approximate surface area is 181 Å². The Morgan fingerprint density at radius 1 is 1.10 bits per heavy atom.